The molecule has 0 spiro atoms. The molecule has 0 radical (unpaired) electrons. The topological polar surface area (TPSA) is 125 Å². The van der Waals surface area contributed by atoms with Crippen LogP contribution in [0.1, 0.15) is 31.1 Å². The molecular formula is C25H16N4O5. The number of hydrogen-bond acceptors (Lipinski definition) is 5. The van der Waals surface area contributed by atoms with E-state index in [1.54, 1.807) is 12.1 Å². The number of fused-ring (bicyclic) bond motifs is 1. The number of urea groups is 1. The first-order chi connectivity index (χ1) is 16.4. The lowest BCUT2D eigenvalue weighted by atomic mass is 10.0. The van der Waals surface area contributed by atoms with E-state index in [4.69, 9.17) is 0 Å². The van der Waals surface area contributed by atoms with Crippen LogP contribution in [0.5, 0.6) is 0 Å². The van der Waals surface area contributed by atoms with E-state index >= 15 is 0 Å². The van der Waals surface area contributed by atoms with Crippen molar-refractivity contribution in [2.75, 3.05) is 4.90 Å². The minimum Gasteiger partial charge on any atom is -0.336 e. The summed E-state index contributed by atoms with van der Waals surface area (Å²) in [7, 11) is 0. The van der Waals surface area contributed by atoms with Crippen molar-refractivity contribution < 1.29 is 24.0 Å². The Kier molecular flexibility index (Phi) is 5.06. The van der Waals surface area contributed by atoms with Gasteiger partial charge in [0, 0.05) is 17.3 Å². The van der Waals surface area contributed by atoms with Crippen molar-refractivity contribution in [3.8, 4) is 11.1 Å². The van der Waals surface area contributed by atoms with Crippen LogP contribution < -0.4 is 15.5 Å². The van der Waals surface area contributed by atoms with Gasteiger partial charge in [-0.15, -0.1) is 0 Å². The highest BCUT2D eigenvalue weighted by molar-refractivity contribution is 6.35. The molecule has 0 saturated carbocycles. The third-order valence-electron chi connectivity index (χ3n) is 5.52. The SMILES string of the molecule is O=C1N=CC(NC(=O)c2ccc3c(c2)C(=O)N(c2ccccc2-c2ccccc2)C3=O)C(=O)N1. The summed E-state index contributed by atoms with van der Waals surface area (Å²) in [4.78, 5) is 66.7. The first-order valence-corrected chi connectivity index (χ1v) is 10.3. The van der Waals surface area contributed by atoms with Gasteiger partial charge in [0.15, 0.2) is 0 Å². The van der Waals surface area contributed by atoms with E-state index in [1.807, 2.05) is 47.8 Å². The molecule has 2 aliphatic rings. The van der Waals surface area contributed by atoms with Crippen molar-refractivity contribution in [1.29, 1.82) is 0 Å². The molecule has 6 amide bonds. The van der Waals surface area contributed by atoms with Gasteiger partial charge in [-0.05, 0) is 29.8 Å². The van der Waals surface area contributed by atoms with E-state index in [0.29, 0.717) is 11.3 Å². The standard InChI is InChI=1S/C25H16N4O5/c30-21(27-19-13-26-25(34)28-22(19)31)15-10-11-17-18(12-15)24(33)29(23(17)32)20-9-5-4-8-16(20)14-6-2-1-3-7-14/h1-13,19H,(H,27,30)(H,28,31,34). The molecule has 0 fully saturated rings. The number of para-hydroxylation sites is 1. The van der Waals surface area contributed by atoms with Crippen molar-refractivity contribution >= 4 is 41.6 Å². The molecule has 5 rings (SSSR count). The Morgan fingerprint density at radius 1 is 0.824 bits per heavy atom. The van der Waals surface area contributed by atoms with Gasteiger partial charge >= 0.3 is 6.03 Å². The smallest absolute Gasteiger partial charge is 0.336 e. The Hall–Kier alpha value is -4.92. The van der Waals surface area contributed by atoms with Gasteiger partial charge < -0.3 is 5.32 Å². The van der Waals surface area contributed by atoms with Crippen LogP contribution in [0, 0.1) is 0 Å². The molecule has 0 saturated heterocycles. The zero-order chi connectivity index (χ0) is 23.8. The van der Waals surface area contributed by atoms with Gasteiger partial charge in [-0.1, -0.05) is 48.5 Å². The highest BCUT2D eigenvalue weighted by Crippen LogP contribution is 2.36. The Morgan fingerprint density at radius 2 is 1.53 bits per heavy atom. The molecule has 0 aromatic heterocycles. The lowest BCUT2D eigenvalue weighted by Gasteiger charge is -2.18. The van der Waals surface area contributed by atoms with E-state index in [2.05, 4.69) is 10.3 Å². The number of carbonyl (C=O) groups excluding carboxylic acids is 5. The quantitative estimate of drug-likeness (QED) is 0.589. The molecule has 1 atom stereocenters. The third kappa shape index (κ3) is 3.55. The van der Waals surface area contributed by atoms with Crippen LogP contribution in [0.4, 0.5) is 10.5 Å². The fourth-order valence-corrected chi connectivity index (χ4v) is 3.88. The largest absolute Gasteiger partial charge is 0.347 e. The molecule has 3 aromatic carbocycles. The van der Waals surface area contributed by atoms with Crippen molar-refractivity contribution in [3.05, 3.63) is 89.5 Å². The van der Waals surface area contributed by atoms with Crippen LogP contribution in [0.3, 0.4) is 0 Å². The van der Waals surface area contributed by atoms with E-state index < -0.39 is 35.7 Å². The molecule has 0 aliphatic carbocycles. The number of imide groups is 2. The normalized spacial score (nSPS) is 16.9. The summed E-state index contributed by atoms with van der Waals surface area (Å²) in [6.45, 7) is 0. The summed E-state index contributed by atoms with van der Waals surface area (Å²) in [6, 6.07) is 18.7. The average Bonchev–Trinajstić information content (AvgIpc) is 3.10. The summed E-state index contributed by atoms with van der Waals surface area (Å²) in [6.07, 6.45) is 1.03. The molecule has 2 N–H and O–H groups in total. The summed E-state index contributed by atoms with van der Waals surface area (Å²) in [5, 5.41) is 4.42. The second-order valence-corrected chi connectivity index (χ2v) is 7.61. The fraction of sp³-hybridized carbons (Fsp3) is 0.0400. The summed E-state index contributed by atoms with van der Waals surface area (Å²) < 4.78 is 0. The number of carbonyl (C=O) groups is 5. The predicted octanol–water partition coefficient (Wildman–Crippen LogP) is 2.57. The third-order valence-corrected chi connectivity index (χ3v) is 5.52. The van der Waals surface area contributed by atoms with E-state index in [1.165, 1.54) is 18.2 Å². The number of amides is 6. The number of nitrogens with zero attached hydrogens (tertiary/aromatic N) is 2. The van der Waals surface area contributed by atoms with E-state index in [0.717, 1.165) is 16.7 Å². The molecule has 1 unspecified atom stereocenters. The van der Waals surface area contributed by atoms with E-state index in [-0.39, 0.29) is 16.7 Å². The highest BCUT2D eigenvalue weighted by Gasteiger charge is 2.38. The number of hydrogen-bond donors (Lipinski definition) is 2. The molecule has 34 heavy (non-hydrogen) atoms. The van der Waals surface area contributed by atoms with Crippen molar-refractivity contribution in [2.24, 2.45) is 4.99 Å². The highest BCUT2D eigenvalue weighted by atomic mass is 16.2. The molecule has 3 aromatic rings. The Bertz CT molecular complexity index is 1410. The van der Waals surface area contributed by atoms with E-state index in [9.17, 15) is 24.0 Å². The average molecular weight is 452 g/mol. The minimum absolute atomic E-state index is 0.0798. The molecule has 0 bridgehead atoms. The van der Waals surface area contributed by atoms with Crippen LogP contribution in [0.25, 0.3) is 11.1 Å². The van der Waals surface area contributed by atoms with Gasteiger partial charge in [0.25, 0.3) is 23.6 Å². The van der Waals surface area contributed by atoms with Crippen LogP contribution in [-0.4, -0.2) is 41.9 Å². The maximum atomic E-state index is 13.3. The van der Waals surface area contributed by atoms with Gasteiger partial charge in [-0.25, -0.2) is 14.7 Å². The van der Waals surface area contributed by atoms with Gasteiger partial charge in [0.1, 0.15) is 6.04 Å². The van der Waals surface area contributed by atoms with Crippen molar-refractivity contribution in [3.63, 3.8) is 0 Å². The molecular weight excluding hydrogens is 436 g/mol. The van der Waals surface area contributed by atoms with Crippen LogP contribution in [-0.2, 0) is 4.79 Å². The summed E-state index contributed by atoms with van der Waals surface area (Å²) in [5.74, 6) is -2.43. The number of nitrogens with one attached hydrogen (secondary N) is 2. The Labute approximate surface area is 193 Å². The monoisotopic (exact) mass is 452 g/mol. The second kappa shape index (κ2) is 8.21. The number of anilines is 1. The minimum atomic E-state index is -1.13. The zero-order valence-corrected chi connectivity index (χ0v) is 17.5. The maximum absolute atomic E-state index is 13.3. The maximum Gasteiger partial charge on any atom is 0.347 e. The second-order valence-electron chi connectivity index (χ2n) is 7.61. The summed E-state index contributed by atoms with van der Waals surface area (Å²) in [5.41, 5.74) is 2.33. The molecule has 9 nitrogen and oxygen atoms in total. The van der Waals surface area contributed by atoms with Gasteiger partial charge in [-0.2, -0.15) is 0 Å². The van der Waals surface area contributed by atoms with Crippen molar-refractivity contribution in [1.82, 2.24) is 10.6 Å². The number of rotatable bonds is 4. The first-order valence-electron chi connectivity index (χ1n) is 10.3. The molecule has 2 heterocycles. The fourth-order valence-electron chi connectivity index (χ4n) is 3.88. The molecule has 166 valence electrons. The zero-order valence-electron chi connectivity index (χ0n) is 17.5. The van der Waals surface area contributed by atoms with Crippen LogP contribution in [0.2, 0.25) is 0 Å². The predicted molar refractivity (Wildman–Crippen MR) is 123 cm³/mol. The summed E-state index contributed by atoms with van der Waals surface area (Å²) >= 11 is 0. The van der Waals surface area contributed by atoms with Crippen molar-refractivity contribution in [2.45, 2.75) is 6.04 Å². The van der Waals surface area contributed by atoms with Crippen LogP contribution in [0.15, 0.2) is 77.8 Å². The lowest BCUT2D eigenvalue weighted by molar-refractivity contribution is -0.120. The van der Waals surface area contributed by atoms with Gasteiger partial charge in [0.2, 0.25) is 0 Å². The number of aliphatic imine (C=N–C) groups is 1. The number of benzene rings is 3. The Balaban J connectivity index is 1.46. The first kappa shape index (κ1) is 21.0. The van der Waals surface area contributed by atoms with Crippen LogP contribution >= 0.6 is 0 Å². The van der Waals surface area contributed by atoms with Gasteiger partial charge in [0.05, 0.1) is 16.8 Å². The molecule has 2 aliphatic heterocycles. The Morgan fingerprint density at radius 3 is 2.29 bits per heavy atom. The van der Waals surface area contributed by atoms with Gasteiger partial charge in [-0.3, -0.25) is 24.5 Å². The molecule has 9 heteroatoms. The lowest BCUT2D eigenvalue weighted by Crippen LogP contribution is -2.51.